The summed E-state index contributed by atoms with van der Waals surface area (Å²) in [6, 6.07) is 13.7. The average Bonchev–Trinajstić information content (AvgIpc) is 2.66. The summed E-state index contributed by atoms with van der Waals surface area (Å²) in [7, 11) is 3.33. The van der Waals surface area contributed by atoms with Gasteiger partial charge in [0.25, 0.3) is 11.6 Å². The van der Waals surface area contributed by atoms with Crippen molar-refractivity contribution in [2.45, 2.75) is 6.42 Å². The monoisotopic (exact) mass is 371 g/mol. The van der Waals surface area contributed by atoms with Crippen molar-refractivity contribution in [1.29, 1.82) is 0 Å². The lowest BCUT2D eigenvalue weighted by Crippen LogP contribution is -2.30. The highest BCUT2D eigenvalue weighted by molar-refractivity contribution is 5.93. The predicted octanol–water partition coefficient (Wildman–Crippen LogP) is 2.18. The van der Waals surface area contributed by atoms with Crippen LogP contribution in [0.1, 0.15) is 15.9 Å². The van der Waals surface area contributed by atoms with Crippen molar-refractivity contribution in [3.8, 4) is 0 Å². The summed E-state index contributed by atoms with van der Waals surface area (Å²) in [5.41, 5.74) is 1.27. The molecule has 0 heterocycles. The largest absolute Gasteiger partial charge is 0.452 e. The lowest BCUT2D eigenvalue weighted by Gasteiger charge is -2.13. The Morgan fingerprint density at radius 1 is 1.15 bits per heavy atom. The molecule has 8 nitrogen and oxygen atoms in total. The fourth-order valence-electron chi connectivity index (χ4n) is 2.43. The molecule has 2 rings (SSSR count). The molecule has 0 bridgehead atoms. The van der Waals surface area contributed by atoms with E-state index in [2.05, 4.69) is 5.32 Å². The molecule has 0 saturated heterocycles. The summed E-state index contributed by atoms with van der Waals surface area (Å²) in [5.74, 6) is -1.22. The van der Waals surface area contributed by atoms with Crippen molar-refractivity contribution in [2.24, 2.45) is 0 Å². The number of amides is 1. The van der Waals surface area contributed by atoms with Gasteiger partial charge in [0.05, 0.1) is 10.5 Å². The molecular formula is C19H21N3O5. The van der Waals surface area contributed by atoms with Gasteiger partial charge < -0.3 is 15.0 Å². The zero-order valence-electron chi connectivity index (χ0n) is 15.2. The molecule has 0 aliphatic heterocycles. The molecule has 2 aromatic rings. The minimum absolute atomic E-state index is 0.0179. The van der Waals surface area contributed by atoms with E-state index in [-0.39, 0.29) is 11.3 Å². The highest BCUT2D eigenvalue weighted by Crippen LogP contribution is 2.27. The molecule has 27 heavy (non-hydrogen) atoms. The summed E-state index contributed by atoms with van der Waals surface area (Å²) in [6.45, 7) is -0.0275. The normalized spacial score (nSPS) is 10.1. The fraction of sp³-hybridized carbons (Fsp3) is 0.263. The van der Waals surface area contributed by atoms with Crippen molar-refractivity contribution in [2.75, 3.05) is 32.1 Å². The number of benzene rings is 2. The van der Waals surface area contributed by atoms with Gasteiger partial charge >= 0.3 is 5.97 Å². The van der Waals surface area contributed by atoms with Crippen LogP contribution >= 0.6 is 0 Å². The minimum Gasteiger partial charge on any atom is -0.452 e. The highest BCUT2D eigenvalue weighted by Gasteiger charge is 2.20. The van der Waals surface area contributed by atoms with E-state index in [0.29, 0.717) is 18.7 Å². The topological polar surface area (TPSA) is 102 Å². The van der Waals surface area contributed by atoms with Gasteiger partial charge in [-0.15, -0.1) is 0 Å². The van der Waals surface area contributed by atoms with Gasteiger partial charge in [-0.05, 0) is 24.1 Å². The third kappa shape index (κ3) is 5.81. The number of rotatable bonds is 8. The number of hydrogen-bond acceptors (Lipinski definition) is 6. The minimum atomic E-state index is -0.790. The first kappa shape index (κ1) is 19.9. The molecule has 0 fully saturated rings. The Morgan fingerprint density at radius 3 is 2.48 bits per heavy atom. The maximum atomic E-state index is 12.1. The van der Waals surface area contributed by atoms with E-state index in [1.165, 1.54) is 12.1 Å². The van der Waals surface area contributed by atoms with Crippen LogP contribution in [0.4, 0.5) is 11.4 Å². The molecule has 0 saturated carbocycles. The Balaban J connectivity index is 1.86. The van der Waals surface area contributed by atoms with E-state index in [0.717, 1.165) is 11.6 Å². The summed E-state index contributed by atoms with van der Waals surface area (Å²) in [6.07, 6.45) is 0.665. The van der Waals surface area contributed by atoms with Crippen LogP contribution in [0.5, 0.6) is 0 Å². The number of carbonyl (C=O) groups excluding carboxylic acids is 2. The van der Waals surface area contributed by atoms with Gasteiger partial charge in [0.15, 0.2) is 6.61 Å². The summed E-state index contributed by atoms with van der Waals surface area (Å²) in [5, 5.41) is 13.8. The lowest BCUT2D eigenvalue weighted by atomic mass is 10.1. The van der Waals surface area contributed by atoms with Crippen LogP contribution in [-0.2, 0) is 16.0 Å². The van der Waals surface area contributed by atoms with Crippen LogP contribution in [0.15, 0.2) is 48.5 Å². The maximum absolute atomic E-state index is 12.1. The second-order valence-electron chi connectivity index (χ2n) is 6.02. The van der Waals surface area contributed by atoms with Crippen LogP contribution in [0, 0.1) is 10.1 Å². The van der Waals surface area contributed by atoms with Crippen molar-refractivity contribution in [3.05, 3.63) is 69.8 Å². The number of ether oxygens (including phenoxy) is 1. The molecule has 1 N–H and O–H groups in total. The average molecular weight is 371 g/mol. The van der Waals surface area contributed by atoms with Crippen LogP contribution in [-0.4, -0.2) is 44.0 Å². The number of hydrogen-bond donors (Lipinski definition) is 1. The highest BCUT2D eigenvalue weighted by atomic mass is 16.6. The van der Waals surface area contributed by atoms with Gasteiger partial charge in [-0.2, -0.15) is 0 Å². The molecule has 0 aliphatic carbocycles. The van der Waals surface area contributed by atoms with E-state index >= 15 is 0 Å². The number of nitro benzene ring substituents is 1. The van der Waals surface area contributed by atoms with Crippen LogP contribution in [0.25, 0.3) is 0 Å². The molecule has 2 aromatic carbocycles. The zero-order chi connectivity index (χ0) is 19.8. The fourth-order valence-corrected chi connectivity index (χ4v) is 2.43. The first-order valence-corrected chi connectivity index (χ1v) is 8.32. The predicted molar refractivity (Wildman–Crippen MR) is 101 cm³/mol. The molecule has 0 atom stereocenters. The first-order chi connectivity index (χ1) is 12.9. The molecule has 0 aliphatic rings. The van der Waals surface area contributed by atoms with E-state index in [9.17, 15) is 19.7 Å². The molecule has 1 amide bonds. The Labute approximate surface area is 156 Å². The number of nitrogens with zero attached hydrogens (tertiary/aromatic N) is 2. The van der Waals surface area contributed by atoms with Gasteiger partial charge in [-0.1, -0.05) is 30.3 Å². The van der Waals surface area contributed by atoms with Crippen molar-refractivity contribution >= 4 is 23.3 Å². The maximum Gasteiger partial charge on any atom is 0.338 e. The van der Waals surface area contributed by atoms with Gasteiger partial charge in [0, 0.05) is 26.7 Å². The Kier molecular flexibility index (Phi) is 6.87. The molecule has 0 spiro atoms. The second kappa shape index (κ2) is 9.33. The number of anilines is 1. The summed E-state index contributed by atoms with van der Waals surface area (Å²) in [4.78, 5) is 36.0. The molecule has 8 heteroatoms. The first-order valence-electron chi connectivity index (χ1n) is 8.32. The van der Waals surface area contributed by atoms with Gasteiger partial charge in [0.2, 0.25) is 0 Å². The number of esters is 1. The van der Waals surface area contributed by atoms with Gasteiger partial charge in [-0.25, -0.2) is 4.79 Å². The number of nitrogens with one attached hydrogen (secondary N) is 1. The Bertz CT molecular complexity index is 821. The molecule has 0 aromatic heterocycles. The standard InChI is InChI=1S/C19H21N3O5/c1-21(2)16-9-8-15(12-17(16)22(25)26)19(24)27-13-18(23)20-11-10-14-6-4-3-5-7-14/h3-9,12H,10-11,13H2,1-2H3,(H,20,23). The van der Waals surface area contributed by atoms with Gasteiger partial charge in [0.1, 0.15) is 5.69 Å². The molecular weight excluding hydrogens is 350 g/mol. The van der Waals surface area contributed by atoms with Crippen molar-refractivity contribution in [3.63, 3.8) is 0 Å². The SMILES string of the molecule is CN(C)c1ccc(C(=O)OCC(=O)NCCc2ccccc2)cc1[N+](=O)[O-]. The zero-order valence-corrected chi connectivity index (χ0v) is 15.2. The third-order valence-corrected chi connectivity index (χ3v) is 3.80. The summed E-state index contributed by atoms with van der Waals surface area (Å²) < 4.78 is 4.94. The smallest absolute Gasteiger partial charge is 0.338 e. The quantitative estimate of drug-likeness (QED) is 0.433. The summed E-state index contributed by atoms with van der Waals surface area (Å²) >= 11 is 0. The van der Waals surface area contributed by atoms with Crippen molar-refractivity contribution < 1.29 is 19.2 Å². The lowest BCUT2D eigenvalue weighted by molar-refractivity contribution is -0.384. The molecule has 0 radical (unpaired) electrons. The van der Waals surface area contributed by atoms with Crippen LogP contribution < -0.4 is 10.2 Å². The van der Waals surface area contributed by atoms with E-state index < -0.39 is 23.4 Å². The Hall–Kier alpha value is -3.42. The van der Waals surface area contributed by atoms with E-state index in [1.807, 2.05) is 30.3 Å². The number of carbonyl (C=O) groups is 2. The number of nitro groups is 1. The third-order valence-electron chi connectivity index (χ3n) is 3.80. The van der Waals surface area contributed by atoms with Gasteiger partial charge in [-0.3, -0.25) is 14.9 Å². The van der Waals surface area contributed by atoms with E-state index in [1.54, 1.807) is 19.0 Å². The van der Waals surface area contributed by atoms with Crippen molar-refractivity contribution in [1.82, 2.24) is 5.32 Å². The van der Waals surface area contributed by atoms with Crippen LogP contribution in [0.2, 0.25) is 0 Å². The molecule has 142 valence electrons. The molecule has 0 unspecified atom stereocenters. The second-order valence-corrected chi connectivity index (χ2v) is 6.02. The Morgan fingerprint density at radius 2 is 1.85 bits per heavy atom. The van der Waals surface area contributed by atoms with Crippen LogP contribution in [0.3, 0.4) is 0 Å². The van der Waals surface area contributed by atoms with E-state index in [4.69, 9.17) is 4.74 Å².